The topological polar surface area (TPSA) is 96.3 Å². The number of carbonyl (C=O) groups is 2. The molecule has 1 amide bonds. The number of hydrogen-bond acceptors (Lipinski definition) is 6. The van der Waals surface area contributed by atoms with Crippen LogP contribution in [0.1, 0.15) is 50.4 Å². The highest BCUT2D eigenvalue weighted by atomic mass is 32.1. The third kappa shape index (κ3) is 3.82. The van der Waals surface area contributed by atoms with E-state index in [0.717, 1.165) is 29.1 Å². The largest absolute Gasteiger partial charge is 0.476 e. The summed E-state index contributed by atoms with van der Waals surface area (Å²) in [6.45, 7) is 0.668. The minimum Gasteiger partial charge on any atom is -0.476 e. The van der Waals surface area contributed by atoms with Crippen LogP contribution in [0, 0.1) is 0 Å². The second kappa shape index (κ2) is 6.98. The van der Waals surface area contributed by atoms with Crippen LogP contribution in [0.5, 0.6) is 0 Å². The summed E-state index contributed by atoms with van der Waals surface area (Å²) < 4.78 is 38.1. The Morgan fingerprint density at radius 1 is 1.23 bits per heavy atom. The number of thiazole rings is 1. The van der Waals surface area contributed by atoms with Gasteiger partial charge in [-0.3, -0.25) is 4.79 Å². The quantitative estimate of drug-likeness (QED) is 0.871. The van der Waals surface area contributed by atoms with Crippen molar-refractivity contribution in [1.29, 1.82) is 0 Å². The Kier molecular flexibility index (Phi) is 4.90. The predicted molar refractivity (Wildman–Crippen MR) is 84.0 cm³/mol. The smallest absolute Gasteiger partial charge is 0.434 e. The molecule has 26 heavy (non-hydrogen) atoms. The predicted octanol–water partition coefficient (Wildman–Crippen LogP) is 2.67. The molecule has 2 aromatic heterocycles. The first kappa shape index (κ1) is 18.2. The highest BCUT2D eigenvalue weighted by molar-refractivity contribution is 7.09. The summed E-state index contributed by atoms with van der Waals surface area (Å²) in [4.78, 5) is 35.9. The molecule has 1 N–H and O–H groups in total. The summed E-state index contributed by atoms with van der Waals surface area (Å²) in [5, 5.41) is 10.1. The highest BCUT2D eigenvalue weighted by Crippen LogP contribution is 2.35. The normalized spacial score (nSPS) is 18.0. The summed E-state index contributed by atoms with van der Waals surface area (Å²) in [6, 6.07) is 0. The number of aromatic nitrogens is 3. The number of halogens is 3. The van der Waals surface area contributed by atoms with Gasteiger partial charge in [0.05, 0.1) is 17.4 Å². The number of hydrogen-bond donors (Lipinski definition) is 1. The van der Waals surface area contributed by atoms with Crippen molar-refractivity contribution in [2.75, 3.05) is 13.1 Å². The first-order chi connectivity index (χ1) is 12.3. The summed E-state index contributed by atoms with van der Waals surface area (Å²) in [5.74, 6) is -1.97. The Balaban J connectivity index is 1.72. The molecule has 0 bridgehead atoms. The Hall–Kier alpha value is -2.56. The minimum atomic E-state index is -4.49. The van der Waals surface area contributed by atoms with E-state index >= 15 is 0 Å². The molecule has 1 fully saturated rings. The van der Waals surface area contributed by atoms with Crippen LogP contribution < -0.4 is 0 Å². The van der Waals surface area contributed by atoms with Crippen LogP contribution in [-0.4, -0.2) is 49.9 Å². The van der Waals surface area contributed by atoms with Gasteiger partial charge in [-0.05, 0) is 12.8 Å². The van der Waals surface area contributed by atoms with Gasteiger partial charge < -0.3 is 10.0 Å². The molecule has 7 nitrogen and oxygen atoms in total. The van der Waals surface area contributed by atoms with Crippen molar-refractivity contribution in [3.63, 3.8) is 0 Å². The lowest BCUT2D eigenvalue weighted by atomic mass is 9.98. The van der Waals surface area contributed by atoms with Crippen molar-refractivity contribution in [1.82, 2.24) is 19.9 Å². The van der Waals surface area contributed by atoms with Crippen molar-refractivity contribution in [2.45, 2.75) is 24.9 Å². The van der Waals surface area contributed by atoms with E-state index in [1.165, 1.54) is 4.90 Å². The molecule has 3 heterocycles. The van der Waals surface area contributed by atoms with E-state index < -0.39 is 23.7 Å². The van der Waals surface area contributed by atoms with Crippen molar-refractivity contribution >= 4 is 23.2 Å². The van der Waals surface area contributed by atoms with Crippen LogP contribution in [0.3, 0.4) is 0 Å². The van der Waals surface area contributed by atoms with Gasteiger partial charge in [0.2, 0.25) is 0 Å². The van der Waals surface area contributed by atoms with E-state index in [1.54, 1.807) is 0 Å². The number of likely N-dealkylation sites (tertiary alicyclic amines) is 1. The molecule has 138 valence electrons. The molecule has 0 aromatic carbocycles. The fourth-order valence-electron chi connectivity index (χ4n) is 2.68. The number of nitrogens with zero attached hydrogens (tertiary/aromatic N) is 4. The Morgan fingerprint density at radius 3 is 2.50 bits per heavy atom. The molecule has 1 saturated heterocycles. The summed E-state index contributed by atoms with van der Waals surface area (Å²) in [6.07, 6.45) is -1.15. The zero-order chi connectivity index (χ0) is 18.9. The van der Waals surface area contributed by atoms with Crippen LogP contribution in [0.2, 0.25) is 0 Å². The number of carboxylic acid groups (broad SMARTS) is 1. The van der Waals surface area contributed by atoms with E-state index in [9.17, 15) is 22.8 Å². The van der Waals surface area contributed by atoms with Gasteiger partial charge >= 0.3 is 12.1 Å². The number of amides is 1. The Morgan fingerprint density at radius 2 is 1.92 bits per heavy atom. The number of piperidine rings is 1. The molecule has 1 aliphatic heterocycles. The number of aromatic carboxylic acids is 1. The number of alkyl halides is 3. The number of rotatable bonds is 3. The van der Waals surface area contributed by atoms with Gasteiger partial charge in [-0.1, -0.05) is 0 Å². The van der Waals surface area contributed by atoms with Crippen LogP contribution in [0.4, 0.5) is 13.2 Å². The zero-order valence-corrected chi connectivity index (χ0v) is 14.0. The van der Waals surface area contributed by atoms with Gasteiger partial charge in [-0.25, -0.2) is 19.7 Å². The maximum Gasteiger partial charge on any atom is 0.434 e. The Bertz CT molecular complexity index is 822. The molecule has 3 rings (SSSR count). The van der Waals surface area contributed by atoms with Crippen molar-refractivity contribution in [3.05, 3.63) is 39.9 Å². The van der Waals surface area contributed by atoms with Gasteiger partial charge in [-0.15, -0.1) is 11.3 Å². The van der Waals surface area contributed by atoms with Crippen LogP contribution >= 0.6 is 11.3 Å². The third-order valence-corrected chi connectivity index (χ3v) is 4.97. The second-order valence-corrected chi connectivity index (χ2v) is 6.64. The van der Waals surface area contributed by atoms with E-state index in [2.05, 4.69) is 15.0 Å². The maximum atomic E-state index is 12.7. The molecule has 1 unspecified atom stereocenters. The van der Waals surface area contributed by atoms with E-state index in [-0.39, 0.29) is 23.9 Å². The van der Waals surface area contributed by atoms with Crippen molar-refractivity contribution < 1.29 is 27.9 Å². The molecule has 0 spiro atoms. The van der Waals surface area contributed by atoms with Gasteiger partial charge in [0, 0.05) is 24.4 Å². The first-order valence-electron chi connectivity index (χ1n) is 7.63. The number of carboxylic acids is 1. The lowest BCUT2D eigenvalue weighted by Gasteiger charge is -2.31. The molecule has 0 radical (unpaired) electrons. The molecule has 11 heteroatoms. The van der Waals surface area contributed by atoms with Crippen LogP contribution in [0.25, 0.3) is 0 Å². The highest BCUT2D eigenvalue weighted by Gasteiger charge is 2.35. The fourth-order valence-corrected chi connectivity index (χ4v) is 3.63. The molecule has 1 atom stereocenters. The fraction of sp³-hybridized carbons (Fsp3) is 0.400. The monoisotopic (exact) mass is 386 g/mol. The number of carbonyl (C=O) groups excluding carboxylic acids is 1. The van der Waals surface area contributed by atoms with Crippen LogP contribution in [-0.2, 0) is 6.18 Å². The van der Waals surface area contributed by atoms with Gasteiger partial charge in [-0.2, -0.15) is 13.2 Å². The average Bonchev–Trinajstić information content (AvgIpc) is 3.12. The van der Waals surface area contributed by atoms with E-state index in [4.69, 9.17) is 5.11 Å². The van der Waals surface area contributed by atoms with Gasteiger partial charge in [0.1, 0.15) is 5.69 Å². The SMILES string of the molecule is O=C(O)c1cnc(C(=O)N2CCCC(c3nc(C(F)(F)F)cs3)C2)cn1. The van der Waals surface area contributed by atoms with E-state index in [0.29, 0.717) is 24.4 Å². The first-order valence-corrected chi connectivity index (χ1v) is 8.51. The van der Waals surface area contributed by atoms with Gasteiger partial charge in [0.25, 0.3) is 5.91 Å². The second-order valence-electron chi connectivity index (χ2n) is 5.75. The van der Waals surface area contributed by atoms with Crippen molar-refractivity contribution in [2.24, 2.45) is 0 Å². The third-order valence-electron chi connectivity index (χ3n) is 3.96. The molecule has 2 aromatic rings. The lowest BCUT2D eigenvalue weighted by Crippen LogP contribution is -2.39. The van der Waals surface area contributed by atoms with E-state index in [1.807, 2.05) is 0 Å². The summed E-state index contributed by atoms with van der Waals surface area (Å²) in [7, 11) is 0. The van der Waals surface area contributed by atoms with Crippen molar-refractivity contribution in [3.8, 4) is 0 Å². The molecule has 0 saturated carbocycles. The Labute approximate surface area is 149 Å². The summed E-state index contributed by atoms with van der Waals surface area (Å²) in [5.41, 5.74) is -1.21. The molecule has 0 aliphatic carbocycles. The maximum absolute atomic E-state index is 12.7. The lowest BCUT2D eigenvalue weighted by molar-refractivity contribution is -0.140. The minimum absolute atomic E-state index is 0.00855. The average molecular weight is 386 g/mol. The zero-order valence-electron chi connectivity index (χ0n) is 13.2. The van der Waals surface area contributed by atoms with Crippen LogP contribution in [0.15, 0.2) is 17.8 Å². The molecule has 1 aliphatic rings. The summed E-state index contributed by atoms with van der Waals surface area (Å²) >= 11 is 0.935. The molecular formula is C15H13F3N4O3S. The van der Waals surface area contributed by atoms with Gasteiger partial charge in [0.15, 0.2) is 11.4 Å². The standard InChI is InChI=1S/C15H13F3N4O3S/c16-15(17,18)11-7-26-12(21-11)8-2-1-3-22(6-8)13(23)9-4-20-10(5-19-9)14(24)25/h4-5,7-8H,1-3,6H2,(H,24,25). The molecular weight excluding hydrogens is 373 g/mol.